The Labute approximate surface area is 113 Å². The van der Waals surface area contributed by atoms with E-state index in [4.69, 9.17) is 0 Å². The molecule has 0 bridgehead atoms. The van der Waals surface area contributed by atoms with Crippen molar-refractivity contribution in [2.75, 3.05) is 26.2 Å². The van der Waals surface area contributed by atoms with Crippen LogP contribution in [0.4, 0.5) is 8.78 Å². The summed E-state index contributed by atoms with van der Waals surface area (Å²) in [4.78, 5) is 2.18. The number of hydrogen-bond donors (Lipinski definition) is 1. The molecule has 0 aliphatic carbocycles. The first-order chi connectivity index (χ1) is 9.06. The lowest BCUT2D eigenvalue weighted by Gasteiger charge is -2.35. The Hall–Kier alpha value is -1.00. The molecule has 19 heavy (non-hydrogen) atoms. The Balaban J connectivity index is 2.24. The summed E-state index contributed by atoms with van der Waals surface area (Å²) in [5.74, 6) is 0. The molecule has 1 aliphatic heterocycles. The van der Waals surface area contributed by atoms with Crippen LogP contribution in [0.1, 0.15) is 29.2 Å². The van der Waals surface area contributed by atoms with E-state index in [9.17, 15) is 8.78 Å². The molecule has 1 N–H and O–H groups in total. The highest BCUT2D eigenvalue weighted by molar-refractivity contribution is 5.31. The minimum absolute atomic E-state index is 0.0805. The van der Waals surface area contributed by atoms with Gasteiger partial charge in [-0.2, -0.15) is 0 Å². The number of benzene rings is 1. The molecule has 0 unspecified atom stereocenters. The van der Waals surface area contributed by atoms with Crippen molar-refractivity contribution in [2.45, 2.75) is 32.7 Å². The van der Waals surface area contributed by atoms with Gasteiger partial charge in [0.1, 0.15) is 0 Å². The van der Waals surface area contributed by atoms with Crippen LogP contribution < -0.4 is 5.32 Å². The molecule has 1 heterocycles. The van der Waals surface area contributed by atoms with Crippen LogP contribution in [0.15, 0.2) is 18.2 Å². The van der Waals surface area contributed by atoms with Crippen molar-refractivity contribution in [3.8, 4) is 0 Å². The fourth-order valence-corrected chi connectivity index (χ4v) is 2.86. The van der Waals surface area contributed by atoms with Gasteiger partial charge in [0.25, 0.3) is 0 Å². The first kappa shape index (κ1) is 14.4. The van der Waals surface area contributed by atoms with Crippen LogP contribution in [0.25, 0.3) is 0 Å². The normalized spacial score (nSPS) is 18.8. The summed E-state index contributed by atoms with van der Waals surface area (Å²) in [5.41, 5.74) is 3.31. The van der Waals surface area contributed by atoms with Crippen LogP contribution in [0, 0.1) is 13.8 Å². The van der Waals surface area contributed by atoms with Crippen LogP contribution in [-0.2, 0) is 0 Å². The number of nitrogens with zero attached hydrogens (tertiary/aromatic N) is 1. The van der Waals surface area contributed by atoms with E-state index in [1.54, 1.807) is 0 Å². The van der Waals surface area contributed by atoms with Gasteiger partial charge < -0.3 is 5.32 Å². The molecule has 1 fully saturated rings. The van der Waals surface area contributed by atoms with Crippen molar-refractivity contribution < 1.29 is 8.78 Å². The predicted octanol–water partition coefficient (Wildman–Crippen LogP) is 2.90. The number of halogens is 2. The molecule has 1 aromatic rings. The fraction of sp³-hybridized carbons (Fsp3) is 0.600. The zero-order chi connectivity index (χ0) is 13.8. The Morgan fingerprint density at radius 1 is 1.11 bits per heavy atom. The van der Waals surface area contributed by atoms with Gasteiger partial charge in [-0.25, -0.2) is 8.78 Å². The lowest BCUT2D eigenvalue weighted by molar-refractivity contribution is 0.0739. The number of piperazine rings is 1. The number of alkyl halides is 2. The molecule has 1 saturated heterocycles. The highest BCUT2D eigenvalue weighted by atomic mass is 19.3. The van der Waals surface area contributed by atoms with Crippen LogP contribution in [0.3, 0.4) is 0 Å². The van der Waals surface area contributed by atoms with Crippen LogP contribution in [0.2, 0.25) is 0 Å². The number of hydrogen-bond acceptors (Lipinski definition) is 2. The third kappa shape index (κ3) is 3.98. The maximum Gasteiger partial charge on any atom is 0.240 e. The largest absolute Gasteiger partial charge is 0.314 e. The van der Waals surface area contributed by atoms with E-state index in [1.165, 1.54) is 0 Å². The van der Waals surface area contributed by atoms with Crippen molar-refractivity contribution >= 4 is 0 Å². The molecule has 1 aliphatic rings. The Morgan fingerprint density at radius 3 is 2.21 bits per heavy atom. The zero-order valence-electron chi connectivity index (χ0n) is 11.6. The van der Waals surface area contributed by atoms with E-state index in [2.05, 4.69) is 16.3 Å². The molecule has 0 saturated carbocycles. The first-order valence-corrected chi connectivity index (χ1v) is 6.87. The quantitative estimate of drug-likeness (QED) is 0.903. The summed E-state index contributed by atoms with van der Waals surface area (Å²) in [5, 5.41) is 3.27. The van der Waals surface area contributed by atoms with Gasteiger partial charge in [0, 0.05) is 38.6 Å². The fourth-order valence-electron chi connectivity index (χ4n) is 2.86. The molecule has 1 aromatic carbocycles. The van der Waals surface area contributed by atoms with Crippen molar-refractivity contribution in [3.05, 3.63) is 34.9 Å². The highest BCUT2D eigenvalue weighted by Crippen LogP contribution is 2.29. The molecule has 106 valence electrons. The number of aryl methyl sites for hydroxylation is 2. The molecule has 0 spiro atoms. The van der Waals surface area contributed by atoms with Crippen molar-refractivity contribution in [3.63, 3.8) is 0 Å². The standard InChI is InChI=1S/C15H22F2N2/c1-11-7-12(2)9-13(8-11)14(10-15(16)17)19-5-3-18-4-6-19/h7-9,14-15,18H,3-6,10H2,1-2H3/t14-/m0/s1. The third-order valence-corrected chi connectivity index (χ3v) is 3.62. The topological polar surface area (TPSA) is 15.3 Å². The summed E-state index contributed by atoms with van der Waals surface area (Å²) in [7, 11) is 0. The smallest absolute Gasteiger partial charge is 0.240 e. The molecule has 4 heteroatoms. The van der Waals surface area contributed by atoms with Gasteiger partial charge in [-0.15, -0.1) is 0 Å². The molecular weight excluding hydrogens is 246 g/mol. The lowest BCUT2D eigenvalue weighted by Crippen LogP contribution is -2.45. The van der Waals surface area contributed by atoms with Crippen molar-refractivity contribution in [1.29, 1.82) is 0 Å². The van der Waals surface area contributed by atoms with Gasteiger partial charge in [-0.1, -0.05) is 29.3 Å². The number of rotatable bonds is 4. The Morgan fingerprint density at radius 2 is 1.68 bits per heavy atom. The molecule has 1 atom stereocenters. The van der Waals surface area contributed by atoms with Gasteiger partial charge >= 0.3 is 0 Å². The van der Waals surface area contributed by atoms with Gasteiger partial charge in [0.05, 0.1) is 0 Å². The molecule has 0 radical (unpaired) electrons. The lowest BCUT2D eigenvalue weighted by atomic mass is 9.97. The van der Waals surface area contributed by atoms with E-state index >= 15 is 0 Å². The van der Waals surface area contributed by atoms with Gasteiger partial charge in [0.2, 0.25) is 6.43 Å². The maximum absolute atomic E-state index is 12.9. The third-order valence-electron chi connectivity index (χ3n) is 3.62. The minimum Gasteiger partial charge on any atom is -0.314 e. The van der Waals surface area contributed by atoms with E-state index in [0.717, 1.165) is 42.9 Å². The minimum atomic E-state index is -2.26. The molecular formula is C15H22F2N2. The zero-order valence-corrected chi connectivity index (χ0v) is 11.6. The van der Waals surface area contributed by atoms with Gasteiger partial charge in [-0.3, -0.25) is 4.90 Å². The predicted molar refractivity (Wildman–Crippen MR) is 73.7 cm³/mol. The first-order valence-electron chi connectivity index (χ1n) is 6.87. The Bertz CT molecular complexity index is 394. The van der Waals surface area contributed by atoms with Gasteiger partial charge in [0.15, 0.2) is 0 Å². The van der Waals surface area contributed by atoms with E-state index in [1.807, 2.05) is 26.0 Å². The number of nitrogens with one attached hydrogen (secondary N) is 1. The summed E-state index contributed by atoms with van der Waals surface area (Å²) in [6.45, 7) is 7.48. The van der Waals surface area contributed by atoms with Gasteiger partial charge in [-0.05, 0) is 19.4 Å². The highest BCUT2D eigenvalue weighted by Gasteiger charge is 2.25. The SMILES string of the molecule is Cc1cc(C)cc([C@H](CC(F)F)N2CCNCC2)c1. The summed E-state index contributed by atoms with van der Waals surface area (Å²) in [6.07, 6.45) is -2.34. The monoisotopic (exact) mass is 268 g/mol. The second-order valence-electron chi connectivity index (χ2n) is 5.35. The molecule has 2 rings (SSSR count). The van der Waals surface area contributed by atoms with Crippen LogP contribution in [0.5, 0.6) is 0 Å². The van der Waals surface area contributed by atoms with Crippen molar-refractivity contribution in [2.24, 2.45) is 0 Å². The van der Waals surface area contributed by atoms with Crippen LogP contribution >= 0.6 is 0 Å². The van der Waals surface area contributed by atoms with Crippen molar-refractivity contribution in [1.82, 2.24) is 10.2 Å². The molecule has 2 nitrogen and oxygen atoms in total. The average molecular weight is 268 g/mol. The maximum atomic E-state index is 12.9. The second kappa shape index (κ2) is 6.44. The molecule has 0 aromatic heterocycles. The summed E-state index contributed by atoms with van der Waals surface area (Å²) < 4.78 is 25.8. The average Bonchev–Trinajstić information content (AvgIpc) is 2.35. The van der Waals surface area contributed by atoms with Crippen LogP contribution in [-0.4, -0.2) is 37.5 Å². The summed E-state index contributed by atoms with van der Waals surface area (Å²) >= 11 is 0. The molecule has 0 amide bonds. The van der Waals surface area contributed by atoms with E-state index in [-0.39, 0.29) is 12.5 Å². The van der Waals surface area contributed by atoms with E-state index in [0.29, 0.717) is 0 Å². The summed E-state index contributed by atoms with van der Waals surface area (Å²) in [6, 6.07) is 6.01. The Kier molecular flexibility index (Phi) is 4.88. The second-order valence-corrected chi connectivity index (χ2v) is 5.35. The van der Waals surface area contributed by atoms with E-state index < -0.39 is 6.43 Å².